The molecule has 0 aromatic carbocycles. The van der Waals surface area contributed by atoms with Gasteiger partial charge in [-0.15, -0.1) is 0 Å². The highest BCUT2D eigenvalue weighted by molar-refractivity contribution is 5.92. The lowest BCUT2D eigenvalue weighted by atomic mass is 9.99. The first kappa shape index (κ1) is 20.4. The van der Waals surface area contributed by atoms with Crippen LogP contribution in [-0.2, 0) is 4.79 Å². The Morgan fingerprint density at radius 1 is 1.16 bits per heavy atom. The second-order valence-corrected chi connectivity index (χ2v) is 8.09. The van der Waals surface area contributed by atoms with E-state index < -0.39 is 18.2 Å². The third-order valence-corrected chi connectivity index (χ3v) is 5.51. The number of hydrogen-bond acceptors (Lipinski definition) is 5. The number of aryl methyl sites for hydroxylation is 2. The quantitative estimate of drug-likeness (QED) is 0.513. The molecule has 1 aliphatic heterocycles. The summed E-state index contributed by atoms with van der Waals surface area (Å²) in [5.41, 5.74) is 3.66. The topological polar surface area (TPSA) is 79.8 Å². The van der Waals surface area contributed by atoms with Gasteiger partial charge in [-0.2, -0.15) is 5.10 Å². The normalized spacial score (nSPS) is 15.1. The van der Waals surface area contributed by atoms with E-state index in [1.807, 2.05) is 19.9 Å². The first-order valence-electron chi connectivity index (χ1n) is 10.1. The molecule has 1 amide bonds. The van der Waals surface area contributed by atoms with Crippen molar-refractivity contribution in [2.45, 2.75) is 20.3 Å². The van der Waals surface area contributed by atoms with Crippen molar-refractivity contribution in [3.05, 3.63) is 47.8 Å². The lowest BCUT2D eigenvalue weighted by molar-refractivity contribution is -0.125. The van der Waals surface area contributed by atoms with Crippen LogP contribution in [0.5, 0.6) is 0 Å². The van der Waals surface area contributed by atoms with Crippen molar-refractivity contribution in [3.8, 4) is 11.3 Å². The van der Waals surface area contributed by atoms with Crippen molar-refractivity contribution in [1.82, 2.24) is 28.9 Å². The number of rotatable bonds is 5. The Morgan fingerprint density at radius 2 is 1.94 bits per heavy atom. The van der Waals surface area contributed by atoms with Crippen LogP contribution < -0.4 is 5.32 Å². The molecule has 1 N–H and O–H groups in total. The molecule has 0 unspecified atom stereocenters. The summed E-state index contributed by atoms with van der Waals surface area (Å²) in [6.07, 6.45) is 2.58. The Bertz CT molecular complexity index is 1340. The summed E-state index contributed by atoms with van der Waals surface area (Å²) in [6.45, 7) is 3.98. The van der Waals surface area contributed by atoms with Crippen molar-refractivity contribution >= 4 is 23.0 Å². The molecule has 0 atom stereocenters. The standard InChI is InChI=1S/C21H20F3N7O/c1-11-3-16(28-31-5-12(2)25-19(11)31)13-4-15(22)20-26-18(10-30(20)8-13)27-21(32)14-6-29(7-14)9-17(23)24/h3-5,8,10,14,17H,6-7,9H2,1-2H3,(H,27,32). The number of aromatic nitrogens is 5. The van der Waals surface area contributed by atoms with Gasteiger partial charge in [-0.1, -0.05) is 0 Å². The molecule has 1 saturated heterocycles. The predicted octanol–water partition coefficient (Wildman–Crippen LogP) is 2.94. The maximum absolute atomic E-state index is 14.8. The molecule has 0 bridgehead atoms. The summed E-state index contributed by atoms with van der Waals surface area (Å²) in [6, 6.07) is 3.18. The van der Waals surface area contributed by atoms with Gasteiger partial charge in [0.05, 0.1) is 36.2 Å². The molecule has 5 heterocycles. The van der Waals surface area contributed by atoms with E-state index in [1.165, 1.54) is 21.6 Å². The zero-order valence-electron chi connectivity index (χ0n) is 17.4. The number of fused-ring (bicyclic) bond motifs is 2. The second-order valence-electron chi connectivity index (χ2n) is 8.09. The lowest BCUT2D eigenvalue weighted by Gasteiger charge is -2.37. The Labute approximate surface area is 180 Å². The zero-order valence-corrected chi connectivity index (χ0v) is 17.4. The van der Waals surface area contributed by atoms with E-state index in [0.29, 0.717) is 11.3 Å². The van der Waals surface area contributed by atoms with E-state index >= 15 is 0 Å². The molecule has 11 heteroatoms. The fourth-order valence-electron chi connectivity index (χ4n) is 3.95. The molecule has 0 saturated carbocycles. The number of imidazole rings is 2. The minimum atomic E-state index is -2.42. The summed E-state index contributed by atoms with van der Waals surface area (Å²) in [4.78, 5) is 22.4. The van der Waals surface area contributed by atoms with Gasteiger partial charge in [0.2, 0.25) is 5.91 Å². The van der Waals surface area contributed by atoms with Gasteiger partial charge < -0.3 is 9.72 Å². The van der Waals surface area contributed by atoms with Gasteiger partial charge in [0.25, 0.3) is 6.43 Å². The van der Waals surface area contributed by atoms with Crippen molar-refractivity contribution in [2.24, 2.45) is 5.92 Å². The van der Waals surface area contributed by atoms with Gasteiger partial charge in [-0.3, -0.25) is 9.69 Å². The number of alkyl halides is 2. The van der Waals surface area contributed by atoms with Gasteiger partial charge in [-0.05, 0) is 31.5 Å². The number of anilines is 1. The smallest absolute Gasteiger partial charge is 0.251 e. The van der Waals surface area contributed by atoms with Crippen LogP contribution in [0.4, 0.5) is 19.0 Å². The number of nitrogens with zero attached hydrogens (tertiary/aromatic N) is 6. The maximum atomic E-state index is 14.8. The van der Waals surface area contributed by atoms with Crippen LogP contribution in [0.3, 0.4) is 0 Å². The molecule has 5 rings (SSSR count). The number of pyridine rings is 1. The minimum Gasteiger partial charge on any atom is -0.309 e. The van der Waals surface area contributed by atoms with E-state index in [2.05, 4.69) is 20.4 Å². The number of amides is 1. The van der Waals surface area contributed by atoms with Gasteiger partial charge >= 0.3 is 0 Å². The second kappa shape index (κ2) is 7.59. The average Bonchev–Trinajstić information content (AvgIpc) is 3.26. The Hall–Kier alpha value is -3.47. The van der Waals surface area contributed by atoms with Crippen molar-refractivity contribution in [2.75, 3.05) is 25.0 Å². The van der Waals surface area contributed by atoms with Crippen molar-refractivity contribution in [1.29, 1.82) is 0 Å². The summed E-state index contributed by atoms with van der Waals surface area (Å²) in [5, 5.41) is 7.18. The first-order chi connectivity index (χ1) is 15.3. The molecular weight excluding hydrogens is 423 g/mol. The summed E-state index contributed by atoms with van der Waals surface area (Å²) in [7, 11) is 0. The van der Waals surface area contributed by atoms with E-state index in [0.717, 1.165) is 16.9 Å². The van der Waals surface area contributed by atoms with E-state index in [1.54, 1.807) is 16.9 Å². The number of nitrogens with one attached hydrogen (secondary N) is 1. The lowest BCUT2D eigenvalue weighted by Crippen LogP contribution is -2.53. The highest BCUT2D eigenvalue weighted by Crippen LogP contribution is 2.25. The highest BCUT2D eigenvalue weighted by atomic mass is 19.3. The number of carbonyl (C=O) groups is 1. The first-order valence-corrected chi connectivity index (χ1v) is 10.1. The third-order valence-electron chi connectivity index (χ3n) is 5.51. The molecule has 166 valence electrons. The predicted molar refractivity (Wildman–Crippen MR) is 111 cm³/mol. The number of halogens is 3. The van der Waals surface area contributed by atoms with E-state index in [9.17, 15) is 18.0 Å². The van der Waals surface area contributed by atoms with Crippen molar-refractivity contribution in [3.63, 3.8) is 0 Å². The fourth-order valence-corrected chi connectivity index (χ4v) is 3.95. The van der Waals surface area contributed by atoms with E-state index in [4.69, 9.17) is 0 Å². The molecule has 0 radical (unpaired) electrons. The fraction of sp³-hybridized carbons (Fsp3) is 0.333. The largest absolute Gasteiger partial charge is 0.309 e. The SMILES string of the molecule is Cc1cn2nc(-c3cc(F)c4nc(NC(=O)C5CN(CC(F)F)C5)cn4c3)cc(C)c2n1. The molecule has 4 aromatic heterocycles. The summed E-state index contributed by atoms with van der Waals surface area (Å²) in [5.74, 6) is -1.08. The third kappa shape index (κ3) is 3.68. The van der Waals surface area contributed by atoms with Crippen LogP contribution in [0, 0.1) is 25.6 Å². The van der Waals surface area contributed by atoms with Crippen LogP contribution in [-0.4, -0.2) is 60.8 Å². The molecular formula is C21H20F3N7O. The zero-order chi connectivity index (χ0) is 22.6. The van der Waals surface area contributed by atoms with Crippen LogP contribution >= 0.6 is 0 Å². The number of carbonyl (C=O) groups excluding carboxylic acids is 1. The summed E-state index contributed by atoms with van der Waals surface area (Å²) < 4.78 is 42.7. The Morgan fingerprint density at radius 3 is 2.69 bits per heavy atom. The Balaban J connectivity index is 1.39. The van der Waals surface area contributed by atoms with Gasteiger partial charge in [0.1, 0.15) is 0 Å². The molecule has 8 nitrogen and oxygen atoms in total. The van der Waals surface area contributed by atoms with Crippen molar-refractivity contribution < 1.29 is 18.0 Å². The van der Waals surface area contributed by atoms with Crippen LogP contribution in [0.25, 0.3) is 22.6 Å². The van der Waals surface area contributed by atoms with Crippen LogP contribution in [0.2, 0.25) is 0 Å². The van der Waals surface area contributed by atoms with Gasteiger partial charge in [0.15, 0.2) is 22.9 Å². The number of hydrogen-bond donors (Lipinski definition) is 1. The average molecular weight is 443 g/mol. The molecule has 1 fully saturated rings. The highest BCUT2D eigenvalue weighted by Gasteiger charge is 2.34. The monoisotopic (exact) mass is 443 g/mol. The minimum absolute atomic E-state index is 0.0632. The summed E-state index contributed by atoms with van der Waals surface area (Å²) >= 11 is 0. The van der Waals surface area contributed by atoms with Gasteiger partial charge in [-0.25, -0.2) is 27.7 Å². The van der Waals surface area contributed by atoms with Crippen LogP contribution in [0.1, 0.15) is 11.3 Å². The Kier molecular flexibility index (Phi) is 4.85. The molecule has 1 aliphatic rings. The molecule has 32 heavy (non-hydrogen) atoms. The number of likely N-dealkylation sites (tertiary alicyclic amines) is 1. The van der Waals surface area contributed by atoms with E-state index in [-0.39, 0.29) is 37.0 Å². The molecule has 4 aromatic rings. The molecule has 0 spiro atoms. The van der Waals surface area contributed by atoms with Gasteiger partial charge in [0, 0.05) is 24.8 Å². The van der Waals surface area contributed by atoms with Crippen LogP contribution in [0.15, 0.2) is 30.7 Å². The maximum Gasteiger partial charge on any atom is 0.251 e. The molecule has 0 aliphatic carbocycles.